The quantitative estimate of drug-likeness (QED) is 0.191. The van der Waals surface area contributed by atoms with E-state index < -0.39 is 17.8 Å². The van der Waals surface area contributed by atoms with Gasteiger partial charge in [0.25, 0.3) is 0 Å². The van der Waals surface area contributed by atoms with E-state index in [4.69, 9.17) is 26.0 Å². The topological polar surface area (TPSA) is 88.7 Å². The molecule has 0 radical (unpaired) electrons. The lowest BCUT2D eigenvalue weighted by molar-refractivity contribution is -0.140. The van der Waals surface area contributed by atoms with Crippen LogP contribution in [0.4, 0.5) is 18.9 Å². The van der Waals surface area contributed by atoms with E-state index in [1.807, 2.05) is 13.8 Å². The molecule has 218 valence electrons. The standard InChI is InChI=1S/C28H25ClF3N3O4.CH3Cl/c1-16(2)25-20(24(34-39-25)19-6-4-5-7-21(19)29)15-38-23-13-12-22(26(33-23)28(30,31)32)35(3)14-17-8-10-18(11-9-17)27(36)37;1-2/h4-13,16H,14-15H2,1-3H3,(H,36,37);1H3. The Morgan fingerprint density at radius 2 is 1.73 bits per heavy atom. The van der Waals surface area contributed by atoms with Crippen molar-refractivity contribution >= 4 is 34.9 Å². The average molecular weight is 610 g/mol. The molecule has 2 aromatic heterocycles. The molecule has 0 bridgehead atoms. The van der Waals surface area contributed by atoms with E-state index in [0.717, 1.165) is 0 Å². The Morgan fingerprint density at radius 1 is 1.07 bits per heavy atom. The van der Waals surface area contributed by atoms with Crippen molar-refractivity contribution < 1.29 is 32.3 Å². The van der Waals surface area contributed by atoms with Crippen LogP contribution in [0.2, 0.25) is 5.02 Å². The SMILES string of the molecule is CC(C)c1onc(-c2ccccc2Cl)c1COc1ccc(N(C)Cc2ccc(C(=O)O)cc2)c(C(F)(F)F)n1.CCl. The molecule has 0 fully saturated rings. The molecule has 4 aromatic rings. The normalized spacial score (nSPS) is 11.2. The molecule has 0 amide bonds. The molecule has 12 heteroatoms. The van der Waals surface area contributed by atoms with Crippen molar-refractivity contribution in [2.24, 2.45) is 0 Å². The van der Waals surface area contributed by atoms with Crippen LogP contribution in [-0.4, -0.2) is 34.6 Å². The van der Waals surface area contributed by atoms with E-state index in [0.29, 0.717) is 33.2 Å². The Morgan fingerprint density at radius 3 is 2.32 bits per heavy atom. The van der Waals surface area contributed by atoms with Crippen LogP contribution in [0, 0.1) is 0 Å². The molecule has 2 aromatic carbocycles. The van der Waals surface area contributed by atoms with Crippen molar-refractivity contribution in [3.63, 3.8) is 0 Å². The van der Waals surface area contributed by atoms with E-state index in [1.165, 1.54) is 42.6 Å². The molecule has 1 N–H and O–H groups in total. The molecule has 7 nitrogen and oxygen atoms in total. The van der Waals surface area contributed by atoms with Gasteiger partial charge in [-0.15, -0.1) is 11.6 Å². The summed E-state index contributed by atoms with van der Waals surface area (Å²) in [5, 5.41) is 13.6. The Labute approximate surface area is 245 Å². The number of aromatic nitrogens is 2. The molecular formula is C29H28Cl2F3N3O4. The summed E-state index contributed by atoms with van der Waals surface area (Å²) in [7, 11) is 1.50. The summed E-state index contributed by atoms with van der Waals surface area (Å²) >= 11 is 11.0. The fourth-order valence-electron chi connectivity index (χ4n) is 4.07. The average Bonchev–Trinajstić information content (AvgIpc) is 3.37. The lowest BCUT2D eigenvalue weighted by Gasteiger charge is -2.23. The van der Waals surface area contributed by atoms with Gasteiger partial charge in [0.2, 0.25) is 5.88 Å². The van der Waals surface area contributed by atoms with Crippen molar-refractivity contribution in [1.82, 2.24) is 10.1 Å². The maximum Gasteiger partial charge on any atom is 0.435 e. The van der Waals surface area contributed by atoms with Gasteiger partial charge < -0.3 is 19.3 Å². The van der Waals surface area contributed by atoms with Crippen molar-refractivity contribution in [3.05, 3.63) is 93.8 Å². The van der Waals surface area contributed by atoms with Gasteiger partial charge in [-0.25, -0.2) is 9.78 Å². The maximum absolute atomic E-state index is 14.0. The number of hydrogen-bond acceptors (Lipinski definition) is 6. The first-order valence-electron chi connectivity index (χ1n) is 12.3. The number of ether oxygens (including phenoxy) is 1. The number of halogens is 5. The van der Waals surface area contributed by atoms with Crippen molar-refractivity contribution in [1.29, 1.82) is 0 Å². The second kappa shape index (κ2) is 13.7. The van der Waals surface area contributed by atoms with Crippen LogP contribution in [0.5, 0.6) is 5.88 Å². The molecule has 0 atom stereocenters. The van der Waals surface area contributed by atoms with E-state index in [1.54, 1.807) is 36.4 Å². The minimum atomic E-state index is -4.75. The number of nitrogens with zero attached hydrogens (tertiary/aromatic N) is 3. The maximum atomic E-state index is 14.0. The molecule has 0 saturated carbocycles. The van der Waals surface area contributed by atoms with Gasteiger partial charge in [-0.1, -0.05) is 60.9 Å². The molecule has 0 spiro atoms. The van der Waals surface area contributed by atoms with Gasteiger partial charge in [-0.3, -0.25) is 0 Å². The first kappa shape index (κ1) is 31.8. The summed E-state index contributed by atoms with van der Waals surface area (Å²) in [6, 6.07) is 15.6. The molecular weight excluding hydrogens is 582 g/mol. The van der Waals surface area contributed by atoms with Gasteiger partial charge in [0.1, 0.15) is 18.1 Å². The van der Waals surface area contributed by atoms with Gasteiger partial charge >= 0.3 is 12.1 Å². The van der Waals surface area contributed by atoms with Gasteiger partial charge in [-0.2, -0.15) is 13.2 Å². The van der Waals surface area contributed by atoms with Crippen molar-refractivity contribution in [2.45, 2.75) is 39.1 Å². The Kier molecular flexibility index (Phi) is 10.6. The summed E-state index contributed by atoms with van der Waals surface area (Å²) in [4.78, 5) is 16.2. The fraction of sp³-hybridized carbons (Fsp3) is 0.276. The summed E-state index contributed by atoms with van der Waals surface area (Å²) in [5.74, 6) is -0.830. The van der Waals surface area contributed by atoms with Crippen LogP contribution < -0.4 is 9.64 Å². The first-order valence-corrected chi connectivity index (χ1v) is 13.4. The Bertz CT molecular complexity index is 1480. The highest BCUT2D eigenvalue weighted by molar-refractivity contribution is 6.33. The van der Waals surface area contributed by atoms with Crippen molar-refractivity contribution in [2.75, 3.05) is 18.3 Å². The number of carboxylic acids is 1. The van der Waals surface area contributed by atoms with Crippen LogP contribution in [0.15, 0.2) is 65.2 Å². The fourth-order valence-corrected chi connectivity index (χ4v) is 4.29. The number of aromatic carboxylic acids is 1. The highest BCUT2D eigenvalue weighted by Crippen LogP contribution is 2.38. The Hall–Kier alpha value is -3.76. The monoisotopic (exact) mass is 609 g/mol. The molecule has 0 aliphatic heterocycles. The van der Waals surface area contributed by atoms with Crippen LogP contribution in [0.25, 0.3) is 11.3 Å². The third-order valence-corrected chi connectivity index (χ3v) is 6.31. The van der Waals surface area contributed by atoms with Crippen LogP contribution in [-0.2, 0) is 19.3 Å². The Balaban J connectivity index is 0.00000226. The zero-order chi connectivity index (χ0) is 30.3. The number of carbonyl (C=O) groups is 1. The predicted molar refractivity (Wildman–Crippen MR) is 152 cm³/mol. The van der Waals surface area contributed by atoms with Gasteiger partial charge in [0.15, 0.2) is 5.69 Å². The number of hydrogen-bond donors (Lipinski definition) is 1. The lowest BCUT2D eigenvalue weighted by atomic mass is 10.0. The molecule has 0 aliphatic carbocycles. The summed E-state index contributed by atoms with van der Waals surface area (Å²) < 4.78 is 53.4. The molecule has 41 heavy (non-hydrogen) atoms. The van der Waals surface area contributed by atoms with Gasteiger partial charge in [-0.05, 0) is 29.8 Å². The minimum Gasteiger partial charge on any atom is -0.478 e. The van der Waals surface area contributed by atoms with Gasteiger partial charge in [0.05, 0.1) is 21.8 Å². The minimum absolute atomic E-state index is 0.0633. The molecule has 2 heterocycles. The number of rotatable bonds is 9. The highest BCUT2D eigenvalue weighted by atomic mass is 35.5. The van der Waals surface area contributed by atoms with E-state index in [-0.39, 0.29) is 36.2 Å². The zero-order valence-electron chi connectivity index (χ0n) is 22.7. The second-order valence-corrected chi connectivity index (χ2v) is 9.58. The van der Waals surface area contributed by atoms with E-state index >= 15 is 0 Å². The summed E-state index contributed by atoms with van der Waals surface area (Å²) in [5.41, 5.74) is 1.10. The van der Waals surface area contributed by atoms with Crippen LogP contribution in [0.3, 0.4) is 0 Å². The third kappa shape index (κ3) is 7.71. The second-order valence-electron chi connectivity index (χ2n) is 9.17. The number of carboxylic acid groups (broad SMARTS) is 1. The number of anilines is 1. The largest absolute Gasteiger partial charge is 0.478 e. The van der Waals surface area contributed by atoms with Crippen LogP contribution in [0.1, 0.15) is 52.7 Å². The lowest BCUT2D eigenvalue weighted by Crippen LogP contribution is -2.22. The summed E-state index contributed by atoms with van der Waals surface area (Å²) in [6.07, 6.45) is -3.28. The third-order valence-electron chi connectivity index (χ3n) is 5.99. The zero-order valence-corrected chi connectivity index (χ0v) is 24.2. The molecule has 0 saturated heterocycles. The molecule has 0 aliphatic rings. The summed E-state index contributed by atoms with van der Waals surface area (Å²) in [6.45, 7) is 3.78. The van der Waals surface area contributed by atoms with Crippen molar-refractivity contribution in [3.8, 4) is 17.1 Å². The number of benzene rings is 2. The van der Waals surface area contributed by atoms with Gasteiger partial charge in [0, 0.05) is 37.5 Å². The first-order chi connectivity index (χ1) is 19.5. The smallest absolute Gasteiger partial charge is 0.435 e. The number of alkyl halides is 4. The van der Waals surface area contributed by atoms with E-state index in [9.17, 15) is 18.0 Å². The molecule has 4 rings (SSSR count). The predicted octanol–water partition coefficient (Wildman–Crippen LogP) is 8.30. The molecule has 0 unspecified atom stereocenters. The van der Waals surface area contributed by atoms with Crippen LogP contribution >= 0.6 is 23.2 Å². The number of pyridine rings is 1. The van der Waals surface area contributed by atoms with E-state index in [2.05, 4.69) is 21.7 Å². The highest BCUT2D eigenvalue weighted by Gasteiger charge is 2.37.